The minimum atomic E-state index is -0.149. The second-order valence-corrected chi connectivity index (χ2v) is 9.51. The minimum Gasteiger partial charge on any atom is -0.497 e. The van der Waals surface area contributed by atoms with Crippen LogP contribution in [0.25, 0.3) is 28.0 Å². The molecule has 3 aromatic carbocycles. The maximum Gasteiger partial charge on any atom is 0.273 e. The van der Waals surface area contributed by atoms with Gasteiger partial charge in [0.2, 0.25) is 0 Å². The summed E-state index contributed by atoms with van der Waals surface area (Å²) in [4.78, 5) is 14.0. The van der Waals surface area contributed by atoms with Crippen molar-refractivity contribution in [2.75, 3.05) is 12.4 Å². The van der Waals surface area contributed by atoms with E-state index < -0.39 is 0 Å². The number of nitrogens with one attached hydrogen (secondary N) is 1. The molecule has 5 nitrogen and oxygen atoms in total. The summed E-state index contributed by atoms with van der Waals surface area (Å²) < 4.78 is 9.80. The summed E-state index contributed by atoms with van der Waals surface area (Å²) in [5, 5.41) is 3.82. The van der Waals surface area contributed by atoms with E-state index in [4.69, 9.17) is 16.3 Å². The molecule has 0 spiro atoms. The number of amides is 1. The average molecular weight is 496 g/mol. The van der Waals surface area contributed by atoms with Crippen LogP contribution in [0.1, 0.15) is 28.9 Å². The molecule has 3 heterocycles. The molecule has 0 fully saturated rings. The van der Waals surface area contributed by atoms with E-state index in [2.05, 4.69) is 32.6 Å². The van der Waals surface area contributed by atoms with Crippen LogP contribution in [0, 0.1) is 0 Å². The van der Waals surface area contributed by atoms with E-state index >= 15 is 0 Å². The SMILES string of the molecule is COc1cccc(NC(=O)c2c(-c3ccccc3)c3c4n(c(-c5ccc(Cl)cc5)cn24)CCCC3)c1. The van der Waals surface area contributed by atoms with Crippen LogP contribution < -0.4 is 10.1 Å². The van der Waals surface area contributed by atoms with Crippen LogP contribution in [0.4, 0.5) is 5.69 Å². The highest BCUT2D eigenvalue weighted by molar-refractivity contribution is 6.30. The second kappa shape index (κ2) is 9.25. The molecule has 180 valence electrons. The zero-order chi connectivity index (χ0) is 24.6. The lowest BCUT2D eigenvalue weighted by Crippen LogP contribution is -2.15. The van der Waals surface area contributed by atoms with Crippen LogP contribution >= 0.6 is 11.6 Å². The molecule has 1 amide bonds. The van der Waals surface area contributed by atoms with Crippen LogP contribution in [0.3, 0.4) is 0 Å². The molecule has 0 saturated carbocycles. The predicted molar refractivity (Wildman–Crippen MR) is 145 cm³/mol. The van der Waals surface area contributed by atoms with E-state index in [9.17, 15) is 4.79 Å². The zero-order valence-electron chi connectivity index (χ0n) is 20.0. The number of rotatable bonds is 5. The lowest BCUT2D eigenvalue weighted by Gasteiger charge is -2.11. The largest absolute Gasteiger partial charge is 0.497 e. The predicted octanol–water partition coefficient (Wildman–Crippen LogP) is 7.33. The summed E-state index contributed by atoms with van der Waals surface area (Å²) in [7, 11) is 1.62. The number of carbonyl (C=O) groups excluding carboxylic acids is 1. The van der Waals surface area contributed by atoms with Crippen LogP contribution in [0.5, 0.6) is 5.75 Å². The normalized spacial score (nSPS) is 12.9. The van der Waals surface area contributed by atoms with E-state index in [1.165, 1.54) is 5.56 Å². The van der Waals surface area contributed by atoms with Gasteiger partial charge in [0.1, 0.15) is 17.1 Å². The molecule has 0 unspecified atom stereocenters. The lowest BCUT2D eigenvalue weighted by molar-refractivity contribution is 0.102. The van der Waals surface area contributed by atoms with Gasteiger partial charge in [0.25, 0.3) is 5.91 Å². The highest BCUT2D eigenvalue weighted by atomic mass is 35.5. The third-order valence-corrected chi connectivity index (χ3v) is 7.13. The maximum absolute atomic E-state index is 14.0. The van der Waals surface area contributed by atoms with E-state index in [1.807, 2.05) is 66.7 Å². The van der Waals surface area contributed by atoms with Crippen molar-refractivity contribution in [3.8, 4) is 28.1 Å². The zero-order valence-corrected chi connectivity index (χ0v) is 20.8. The van der Waals surface area contributed by atoms with Crippen molar-refractivity contribution in [2.45, 2.75) is 25.8 Å². The number of hydrogen-bond donors (Lipinski definition) is 1. The van der Waals surface area contributed by atoms with Crippen molar-refractivity contribution in [1.29, 1.82) is 0 Å². The standard InChI is InChI=1S/C30H26ClN3O2/c1-36-24-11-7-10-23(18-24)32-29(35)28-27(21-8-3-2-4-9-21)25-12-5-6-17-33-26(19-34(28)30(25)33)20-13-15-22(31)16-14-20/h2-4,7-11,13-16,18-19H,5-6,12,17H2,1H3,(H,32,35). The number of nitrogens with zero attached hydrogens (tertiary/aromatic N) is 2. The molecule has 0 aliphatic carbocycles. The summed E-state index contributed by atoms with van der Waals surface area (Å²) in [5.41, 5.74) is 7.86. The first-order valence-corrected chi connectivity index (χ1v) is 12.5. The number of aryl methyl sites for hydroxylation is 2. The van der Waals surface area contributed by atoms with E-state index in [-0.39, 0.29) is 5.91 Å². The Kier molecular flexibility index (Phi) is 5.78. The number of imidazole rings is 1. The van der Waals surface area contributed by atoms with Gasteiger partial charge in [0, 0.05) is 40.6 Å². The Morgan fingerprint density at radius 1 is 0.944 bits per heavy atom. The summed E-state index contributed by atoms with van der Waals surface area (Å²) in [6, 6.07) is 25.6. The second-order valence-electron chi connectivity index (χ2n) is 9.08. The number of carbonyl (C=O) groups is 1. The van der Waals surface area contributed by atoms with Crippen LogP contribution in [-0.2, 0) is 13.0 Å². The molecule has 6 rings (SSSR count). The fraction of sp³-hybridized carbons (Fsp3) is 0.167. The molecule has 1 aliphatic heterocycles. The molecule has 6 heteroatoms. The molecule has 1 N–H and O–H groups in total. The first kappa shape index (κ1) is 22.5. The highest BCUT2D eigenvalue weighted by Gasteiger charge is 2.29. The molecule has 0 bridgehead atoms. The van der Waals surface area contributed by atoms with Gasteiger partial charge in [0.15, 0.2) is 0 Å². The third kappa shape index (κ3) is 3.86. The van der Waals surface area contributed by atoms with Gasteiger partial charge in [0.05, 0.1) is 12.8 Å². The first-order valence-electron chi connectivity index (χ1n) is 12.2. The fourth-order valence-corrected chi connectivity index (χ4v) is 5.39. The Morgan fingerprint density at radius 2 is 1.75 bits per heavy atom. The molecule has 0 saturated heterocycles. The molecule has 0 atom stereocenters. The molecular weight excluding hydrogens is 470 g/mol. The van der Waals surface area contributed by atoms with Gasteiger partial charge in [-0.15, -0.1) is 0 Å². The topological polar surface area (TPSA) is 47.7 Å². The Hall–Kier alpha value is -3.96. The lowest BCUT2D eigenvalue weighted by atomic mass is 9.98. The van der Waals surface area contributed by atoms with Crippen LogP contribution in [0.2, 0.25) is 5.02 Å². The number of anilines is 1. The molecule has 2 aromatic heterocycles. The number of benzene rings is 3. The van der Waals surface area contributed by atoms with Crippen molar-refractivity contribution < 1.29 is 9.53 Å². The minimum absolute atomic E-state index is 0.149. The smallest absolute Gasteiger partial charge is 0.273 e. The Morgan fingerprint density at radius 3 is 2.53 bits per heavy atom. The highest BCUT2D eigenvalue weighted by Crippen LogP contribution is 2.39. The molecule has 1 aliphatic rings. The Balaban J connectivity index is 1.58. The monoisotopic (exact) mass is 495 g/mol. The van der Waals surface area contributed by atoms with Gasteiger partial charge in [-0.05, 0) is 54.7 Å². The Labute approximate surface area is 214 Å². The van der Waals surface area contributed by atoms with Crippen LogP contribution in [-0.4, -0.2) is 22.0 Å². The van der Waals surface area contributed by atoms with Crippen molar-refractivity contribution in [1.82, 2.24) is 8.97 Å². The summed E-state index contributed by atoms with van der Waals surface area (Å²) >= 11 is 6.17. The molecule has 36 heavy (non-hydrogen) atoms. The van der Waals surface area contributed by atoms with Gasteiger partial charge < -0.3 is 14.6 Å². The molecule has 0 radical (unpaired) electrons. The molecule has 5 aromatic rings. The van der Waals surface area contributed by atoms with Gasteiger partial charge in [-0.25, -0.2) is 0 Å². The number of aromatic nitrogens is 2. The van der Waals surface area contributed by atoms with Crippen molar-refractivity contribution in [3.63, 3.8) is 0 Å². The number of ether oxygens (including phenoxy) is 1. The number of methoxy groups -OCH3 is 1. The summed E-state index contributed by atoms with van der Waals surface area (Å²) in [6.45, 7) is 0.899. The van der Waals surface area contributed by atoms with Crippen molar-refractivity contribution in [3.05, 3.63) is 101 Å². The quantitative estimate of drug-likeness (QED) is 0.277. The Bertz CT molecular complexity index is 1570. The van der Waals surface area contributed by atoms with Gasteiger partial charge in [-0.3, -0.25) is 9.20 Å². The summed E-state index contributed by atoms with van der Waals surface area (Å²) in [5.74, 6) is 0.548. The first-order chi connectivity index (χ1) is 17.6. The number of halogens is 1. The van der Waals surface area contributed by atoms with E-state index in [0.717, 1.165) is 53.8 Å². The van der Waals surface area contributed by atoms with E-state index in [1.54, 1.807) is 7.11 Å². The van der Waals surface area contributed by atoms with Crippen LogP contribution in [0.15, 0.2) is 85.1 Å². The average Bonchev–Trinajstić information content (AvgIpc) is 3.32. The van der Waals surface area contributed by atoms with Crippen molar-refractivity contribution in [2.24, 2.45) is 0 Å². The van der Waals surface area contributed by atoms with Gasteiger partial charge in [-0.1, -0.05) is 60.1 Å². The third-order valence-electron chi connectivity index (χ3n) is 6.88. The van der Waals surface area contributed by atoms with Gasteiger partial charge >= 0.3 is 0 Å². The van der Waals surface area contributed by atoms with Gasteiger partial charge in [-0.2, -0.15) is 0 Å². The fourth-order valence-electron chi connectivity index (χ4n) is 5.27. The van der Waals surface area contributed by atoms with E-state index in [0.29, 0.717) is 22.2 Å². The number of hydrogen-bond acceptors (Lipinski definition) is 2. The van der Waals surface area contributed by atoms with Crippen molar-refractivity contribution >= 4 is 28.8 Å². The molecular formula is C30H26ClN3O2. The summed E-state index contributed by atoms with van der Waals surface area (Å²) in [6.07, 6.45) is 5.17. The maximum atomic E-state index is 14.0.